The number of ether oxygens (including phenoxy) is 2. The maximum atomic E-state index is 13.2. The van der Waals surface area contributed by atoms with Crippen LogP contribution >= 0.6 is 0 Å². The van der Waals surface area contributed by atoms with Crippen molar-refractivity contribution < 1.29 is 29.6 Å². The Kier molecular flexibility index (Phi) is 3.36. The highest BCUT2D eigenvalue weighted by atomic mass is 16.6. The Labute approximate surface area is 153 Å². The maximum absolute atomic E-state index is 13.2. The molecule has 0 aromatic rings. The van der Waals surface area contributed by atoms with E-state index in [-0.39, 0.29) is 23.7 Å². The van der Waals surface area contributed by atoms with Crippen molar-refractivity contribution in [3.63, 3.8) is 0 Å². The quantitative estimate of drug-likeness (QED) is 0.555. The standard InChI is InChI=1S/C20H30O6/c1-9-10-4-5-11-19(7-10,15(9)22)17(24)26-13-6-12(21)18(2,3)14-16(23)25-8-20(11,13)14/h9-16,21-23H,4-8H2,1-3H3/t9?,10-,11-,12+,13+,14-,15?,16-,19+,20-/m1/s1. The molecular formula is C20H30O6. The van der Waals surface area contributed by atoms with E-state index in [1.165, 1.54) is 0 Å². The molecule has 26 heavy (non-hydrogen) atoms. The van der Waals surface area contributed by atoms with Gasteiger partial charge in [0, 0.05) is 17.8 Å². The zero-order chi connectivity index (χ0) is 18.6. The van der Waals surface area contributed by atoms with Crippen molar-refractivity contribution in [1.82, 2.24) is 0 Å². The summed E-state index contributed by atoms with van der Waals surface area (Å²) in [6.45, 7) is 6.31. The molecule has 6 heteroatoms. The Hall–Kier alpha value is -0.690. The van der Waals surface area contributed by atoms with Gasteiger partial charge in [0.1, 0.15) is 6.10 Å². The molecule has 5 aliphatic rings. The number of esters is 1. The largest absolute Gasteiger partial charge is 0.461 e. The number of hydrogen-bond donors (Lipinski definition) is 3. The van der Waals surface area contributed by atoms with Crippen molar-refractivity contribution in [2.45, 2.75) is 71.1 Å². The van der Waals surface area contributed by atoms with Crippen LogP contribution in [-0.2, 0) is 14.3 Å². The van der Waals surface area contributed by atoms with Gasteiger partial charge in [-0.2, -0.15) is 0 Å². The third kappa shape index (κ3) is 1.67. The highest BCUT2D eigenvalue weighted by Crippen LogP contribution is 2.72. The summed E-state index contributed by atoms with van der Waals surface area (Å²) in [5.41, 5.74) is -1.97. The van der Waals surface area contributed by atoms with Crippen molar-refractivity contribution in [3.8, 4) is 0 Å². The first kappa shape index (κ1) is 17.4. The molecule has 3 aliphatic carbocycles. The number of aliphatic hydroxyl groups is 3. The summed E-state index contributed by atoms with van der Waals surface area (Å²) in [4.78, 5) is 13.2. The van der Waals surface area contributed by atoms with Gasteiger partial charge >= 0.3 is 5.97 Å². The molecule has 0 aromatic carbocycles. The molecular weight excluding hydrogens is 336 g/mol. The zero-order valence-electron chi connectivity index (χ0n) is 15.7. The highest BCUT2D eigenvalue weighted by molar-refractivity contribution is 5.80. The minimum Gasteiger partial charge on any atom is -0.461 e. The number of rotatable bonds is 0. The van der Waals surface area contributed by atoms with Crippen LogP contribution in [0.25, 0.3) is 0 Å². The van der Waals surface area contributed by atoms with E-state index in [0.717, 1.165) is 12.8 Å². The summed E-state index contributed by atoms with van der Waals surface area (Å²) >= 11 is 0. The smallest absolute Gasteiger partial charge is 0.315 e. The van der Waals surface area contributed by atoms with Gasteiger partial charge in [0.05, 0.1) is 24.2 Å². The molecule has 146 valence electrons. The number of aliphatic hydroxyl groups excluding tert-OH is 3. The second-order valence-electron chi connectivity index (χ2n) is 10.2. The molecule has 0 amide bonds. The Morgan fingerprint density at radius 3 is 2.62 bits per heavy atom. The lowest BCUT2D eigenvalue weighted by Crippen LogP contribution is -2.70. The van der Waals surface area contributed by atoms with Crippen molar-refractivity contribution in [2.75, 3.05) is 6.61 Å². The van der Waals surface area contributed by atoms with Crippen LogP contribution in [0.4, 0.5) is 0 Å². The second kappa shape index (κ2) is 5.02. The second-order valence-corrected chi connectivity index (χ2v) is 10.2. The fourth-order valence-electron chi connectivity index (χ4n) is 7.82. The summed E-state index contributed by atoms with van der Waals surface area (Å²) in [7, 11) is 0. The fourth-order valence-corrected chi connectivity index (χ4v) is 7.82. The predicted octanol–water partition coefficient (Wildman–Crippen LogP) is 1.07. The van der Waals surface area contributed by atoms with Crippen LogP contribution in [0.15, 0.2) is 0 Å². The Balaban J connectivity index is 1.69. The lowest BCUT2D eigenvalue weighted by Gasteiger charge is -2.63. The lowest BCUT2D eigenvalue weighted by molar-refractivity contribution is -0.265. The molecule has 10 atom stereocenters. The first-order valence-corrected chi connectivity index (χ1v) is 10.0. The van der Waals surface area contributed by atoms with Crippen molar-refractivity contribution in [3.05, 3.63) is 0 Å². The van der Waals surface area contributed by atoms with Gasteiger partial charge in [0.15, 0.2) is 6.29 Å². The molecule has 2 heterocycles. The minimum atomic E-state index is -0.981. The van der Waals surface area contributed by atoms with Crippen LogP contribution in [0, 0.1) is 39.9 Å². The molecule has 0 radical (unpaired) electrons. The molecule has 2 saturated heterocycles. The van der Waals surface area contributed by atoms with Crippen molar-refractivity contribution in [2.24, 2.45) is 39.9 Å². The van der Waals surface area contributed by atoms with Crippen molar-refractivity contribution in [1.29, 1.82) is 0 Å². The van der Waals surface area contributed by atoms with E-state index in [0.29, 0.717) is 25.4 Å². The van der Waals surface area contributed by atoms with E-state index in [1.807, 2.05) is 20.8 Å². The summed E-state index contributed by atoms with van der Waals surface area (Å²) in [6.07, 6.45) is 0.0324. The van der Waals surface area contributed by atoms with Crippen molar-refractivity contribution >= 4 is 5.97 Å². The number of carbonyl (C=O) groups excluding carboxylic acids is 1. The molecule has 5 fully saturated rings. The molecule has 2 aliphatic heterocycles. The average molecular weight is 366 g/mol. The van der Waals surface area contributed by atoms with E-state index < -0.39 is 40.8 Å². The average Bonchev–Trinajstić information content (AvgIpc) is 3.03. The Bertz CT molecular complexity index is 648. The van der Waals surface area contributed by atoms with E-state index in [2.05, 4.69) is 0 Å². The Morgan fingerprint density at radius 2 is 1.88 bits per heavy atom. The van der Waals surface area contributed by atoms with Gasteiger partial charge in [-0.05, 0) is 42.4 Å². The molecule has 2 bridgehead atoms. The van der Waals surface area contributed by atoms with Gasteiger partial charge in [0.25, 0.3) is 0 Å². The number of hydrogen-bond acceptors (Lipinski definition) is 6. The Morgan fingerprint density at radius 1 is 1.15 bits per heavy atom. The summed E-state index contributed by atoms with van der Waals surface area (Å²) in [5.74, 6) is -0.278. The molecule has 2 spiro atoms. The van der Waals surface area contributed by atoms with E-state index in [1.54, 1.807) is 0 Å². The van der Waals surface area contributed by atoms with E-state index in [9.17, 15) is 20.1 Å². The van der Waals surface area contributed by atoms with Gasteiger partial charge in [-0.25, -0.2) is 0 Å². The SMILES string of the molecule is CC1C(O)[C@]23C[C@H]1CC[C@H]2[C@@]12CO[C@@H](O)[C@@H]1C(C)(C)[C@@H](O)C[C@@H]2OC3=O. The maximum Gasteiger partial charge on any atom is 0.315 e. The van der Waals surface area contributed by atoms with E-state index in [4.69, 9.17) is 9.47 Å². The summed E-state index contributed by atoms with van der Waals surface area (Å²) in [5, 5.41) is 32.6. The summed E-state index contributed by atoms with van der Waals surface area (Å²) < 4.78 is 11.7. The molecule has 5 rings (SSSR count). The fraction of sp³-hybridized carbons (Fsp3) is 0.950. The molecule has 3 saturated carbocycles. The van der Waals surface area contributed by atoms with Gasteiger partial charge in [-0.1, -0.05) is 20.8 Å². The van der Waals surface area contributed by atoms with Crippen LogP contribution < -0.4 is 0 Å². The molecule has 6 nitrogen and oxygen atoms in total. The number of carbonyl (C=O) groups is 1. The van der Waals surface area contributed by atoms with Crippen LogP contribution in [-0.4, -0.2) is 52.5 Å². The third-order valence-electron chi connectivity index (χ3n) is 9.16. The third-order valence-corrected chi connectivity index (χ3v) is 9.16. The normalized spacial score (nSPS) is 60.0. The molecule has 3 N–H and O–H groups in total. The van der Waals surface area contributed by atoms with Gasteiger partial charge < -0.3 is 24.8 Å². The van der Waals surface area contributed by atoms with Gasteiger partial charge in [0.2, 0.25) is 0 Å². The summed E-state index contributed by atoms with van der Waals surface area (Å²) in [6, 6.07) is 0. The number of fused-ring (bicyclic) bond motifs is 1. The molecule has 2 unspecified atom stereocenters. The van der Waals surface area contributed by atoms with E-state index >= 15 is 0 Å². The van der Waals surface area contributed by atoms with Gasteiger partial charge in [-0.15, -0.1) is 0 Å². The topological polar surface area (TPSA) is 96.2 Å². The zero-order valence-corrected chi connectivity index (χ0v) is 15.7. The monoisotopic (exact) mass is 366 g/mol. The van der Waals surface area contributed by atoms with Crippen LogP contribution in [0.2, 0.25) is 0 Å². The van der Waals surface area contributed by atoms with Crippen LogP contribution in [0.1, 0.15) is 46.5 Å². The van der Waals surface area contributed by atoms with Gasteiger partial charge in [-0.3, -0.25) is 4.79 Å². The lowest BCUT2D eigenvalue weighted by atomic mass is 9.43. The first-order valence-electron chi connectivity index (χ1n) is 10.0. The first-order chi connectivity index (χ1) is 12.2. The highest BCUT2D eigenvalue weighted by Gasteiger charge is 2.78. The van der Waals surface area contributed by atoms with Crippen LogP contribution in [0.5, 0.6) is 0 Å². The predicted molar refractivity (Wildman–Crippen MR) is 90.6 cm³/mol. The molecule has 0 aromatic heterocycles. The minimum absolute atomic E-state index is 0.0772. The van der Waals surface area contributed by atoms with Crippen LogP contribution in [0.3, 0.4) is 0 Å².